The van der Waals surface area contributed by atoms with Crippen LogP contribution in [0, 0.1) is 6.92 Å². The molecule has 1 aliphatic carbocycles. The molecule has 0 radical (unpaired) electrons. The number of nitrogens with one attached hydrogen (secondary N) is 1. The first kappa shape index (κ1) is 19.6. The lowest BCUT2D eigenvalue weighted by molar-refractivity contribution is -0.0361. The van der Waals surface area contributed by atoms with Crippen LogP contribution in [0.1, 0.15) is 48.2 Å². The Bertz CT molecular complexity index is 790. The molecule has 1 saturated heterocycles. The average molecular weight is 400 g/mol. The molecule has 2 aromatic rings. The molecular formula is C22H29N3O2S. The molecule has 1 amide bonds. The van der Waals surface area contributed by atoms with Gasteiger partial charge in [0.1, 0.15) is 10.7 Å². The van der Waals surface area contributed by atoms with E-state index in [-0.39, 0.29) is 11.4 Å². The third-order valence-electron chi connectivity index (χ3n) is 6.08. The Kier molecular flexibility index (Phi) is 6.09. The van der Waals surface area contributed by atoms with Crippen LogP contribution in [-0.2, 0) is 4.74 Å². The lowest BCUT2D eigenvalue weighted by Gasteiger charge is -2.48. The maximum atomic E-state index is 12.8. The molecule has 28 heavy (non-hydrogen) atoms. The van der Waals surface area contributed by atoms with E-state index in [2.05, 4.69) is 46.4 Å². The van der Waals surface area contributed by atoms with Crippen LogP contribution in [0.15, 0.2) is 29.6 Å². The normalized spacial score (nSPS) is 20.0. The molecule has 2 fully saturated rings. The van der Waals surface area contributed by atoms with E-state index in [4.69, 9.17) is 4.74 Å². The van der Waals surface area contributed by atoms with Gasteiger partial charge in [-0.3, -0.25) is 9.69 Å². The van der Waals surface area contributed by atoms with Gasteiger partial charge in [-0.2, -0.15) is 0 Å². The minimum atomic E-state index is -0.0622. The summed E-state index contributed by atoms with van der Waals surface area (Å²) in [5, 5.41) is 5.97. The van der Waals surface area contributed by atoms with Crippen molar-refractivity contribution in [3.63, 3.8) is 0 Å². The standard InChI is InChI=1S/C22H29N3O2S/c1-17-5-7-18(8-6-17)21-24-19(15-28-21)20(26)23-16-22(9-3-2-4-10-22)25-11-13-27-14-12-25/h5-8,15H,2-4,9-14,16H2,1H3,(H,23,26). The number of ether oxygens (including phenoxy) is 1. The Morgan fingerprint density at radius 1 is 1.18 bits per heavy atom. The van der Waals surface area contributed by atoms with Crippen molar-refractivity contribution in [2.75, 3.05) is 32.8 Å². The number of hydrogen-bond donors (Lipinski definition) is 1. The number of amides is 1. The van der Waals surface area contributed by atoms with Crippen molar-refractivity contribution in [1.82, 2.24) is 15.2 Å². The molecule has 0 bridgehead atoms. The molecule has 6 heteroatoms. The van der Waals surface area contributed by atoms with Crippen LogP contribution < -0.4 is 5.32 Å². The second kappa shape index (κ2) is 8.72. The molecular weight excluding hydrogens is 370 g/mol. The Morgan fingerprint density at radius 3 is 2.61 bits per heavy atom. The first-order valence-corrected chi connectivity index (χ1v) is 11.2. The first-order chi connectivity index (χ1) is 13.7. The molecule has 1 saturated carbocycles. The zero-order chi connectivity index (χ0) is 19.4. The summed E-state index contributed by atoms with van der Waals surface area (Å²) in [6, 6.07) is 8.27. The summed E-state index contributed by atoms with van der Waals surface area (Å²) in [6.45, 7) is 6.28. The molecule has 2 heterocycles. The zero-order valence-corrected chi connectivity index (χ0v) is 17.4. The van der Waals surface area contributed by atoms with Gasteiger partial charge >= 0.3 is 0 Å². The van der Waals surface area contributed by atoms with E-state index in [1.165, 1.54) is 36.2 Å². The fourth-order valence-electron chi connectivity index (χ4n) is 4.39. The molecule has 1 aromatic carbocycles. The molecule has 1 N–H and O–H groups in total. The maximum absolute atomic E-state index is 12.8. The highest BCUT2D eigenvalue weighted by molar-refractivity contribution is 7.13. The van der Waals surface area contributed by atoms with E-state index in [0.29, 0.717) is 12.2 Å². The highest BCUT2D eigenvalue weighted by Crippen LogP contribution is 2.34. The van der Waals surface area contributed by atoms with E-state index < -0.39 is 0 Å². The van der Waals surface area contributed by atoms with Crippen molar-refractivity contribution in [1.29, 1.82) is 0 Å². The quantitative estimate of drug-likeness (QED) is 0.829. The maximum Gasteiger partial charge on any atom is 0.270 e. The molecule has 1 aromatic heterocycles. The fraction of sp³-hybridized carbons (Fsp3) is 0.545. The lowest BCUT2D eigenvalue weighted by Crippen LogP contribution is -2.59. The predicted molar refractivity (Wildman–Crippen MR) is 113 cm³/mol. The van der Waals surface area contributed by atoms with Crippen LogP contribution in [-0.4, -0.2) is 54.2 Å². The first-order valence-electron chi connectivity index (χ1n) is 10.3. The number of morpholine rings is 1. The van der Waals surface area contributed by atoms with E-state index in [1.54, 1.807) is 0 Å². The predicted octanol–water partition coefficient (Wildman–Crippen LogP) is 3.88. The van der Waals surface area contributed by atoms with Crippen molar-refractivity contribution in [3.8, 4) is 10.6 Å². The monoisotopic (exact) mass is 399 g/mol. The number of nitrogens with zero attached hydrogens (tertiary/aromatic N) is 2. The topological polar surface area (TPSA) is 54.5 Å². The summed E-state index contributed by atoms with van der Waals surface area (Å²) in [6.07, 6.45) is 6.08. The fourth-order valence-corrected chi connectivity index (χ4v) is 5.20. The minimum absolute atomic E-state index is 0.0622. The number of aryl methyl sites for hydroxylation is 1. The Balaban J connectivity index is 1.43. The van der Waals surface area contributed by atoms with E-state index >= 15 is 0 Å². The molecule has 0 spiro atoms. The molecule has 150 valence electrons. The number of carbonyl (C=O) groups is 1. The molecule has 2 aliphatic rings. The smallest absolute Gasteiger partial charge is 0.270 e. The van der Waals surface area contributed by atoms with Gasteiger partial charge in [0.2, 0.25) is 0 Å². The van der Waals surface area contributed by atoms with Gasteiger partial charge in [0, 0.05) is 36.1 Å². The lowest BCUT2D eigenvalue weighted by atomic mass is 9.79. The SMILES string of the molecule is Cc1ccc(-c2nc(C(=O)NCC3(N4CCOCC4)CCCCC3)cs2)cc1. The highest BCUT2D eigenvalue weighted by atomic mass is 32.1. The van der Waals surface area contributed by atoms with Gasteiger partial charge in [0.25, 0.3) is 5.91 Å². The summed E-state index contributed by atoms with van der Waals surface area (Å²) >= 11 is 1.53. The van der Waals surface area contributed by atoms with E-state index in [9.17, 15) is 4.79 Å². The number of benzene rings is 1. The zero-order valence-electron chi connectivity index (χ0n) is 16.6. The second-order valence-electron chi connectivity index (χ2n) is 7.97. The Hall–Kier alpha value is -1.76. The summed E-state index contributed by atoms with van der Waals surface area (Å²) in [5.41, 5.74) is 2.88. The summed E-state index contributed by atoms with van der Waals surface area (Å²) in [5.74, 6) is -0.0622. The van der Waals surface area contributed by atoms with Crippen LogP contribution in [0.3, 0.4) is 0 Å². The van der Waals surface area contributed by atoms with Gasteiger partial charge in [0.05, 0.1) is 13.2 Å². The van der Waals surface area contributed by atoms with Crippen LogP contribution >= 0.6 is 11.3 Å². The van der Waals surface area contributed by atoms with Crippen molar-refractivity contribution in [2.45, 2.75) is 44.6 Å². The van der Waals surface area contributed by atoms with E-state index in [1.807, 2.05) is 5.38 Å². The third kappa shape index (κ3) is 4.29. The number of rotatable bonds is 5. The van der Waals surface area contributed by atoms with Crippen LogP contribution in [0.4, 0.5) is 0 Å². The van der Waals surface area contributed by atoms with Crippen molar-refractivity contribution in [3.05, 3.63) is 40.9 Å². The van der Waals surface area contributed by atoms with Crippen LogP contribution in [0.25, 0.3) is 10.6 Å². The number of hydrogen-bond acceptors (Lipinski definition) is 5. The largest absolute Gasteiger partial charge is 0.379 e. The molecule has 5 nitrogen and oxygen atoms in total. The Labute approximate surface area is 171 Å². The molecule has 1 aliphatic heterocycles. The average Bonchev–Trinajstić information content (AvgIpc) is 3.24. The number of thiazole rings is 1. The molecule has 4 rings (SSSR count). The van der Waals surface area contributed by atoms with Crippen molar-refractivity contribution >= 4 is 17.2 Å². The van der Waals surface area contributed by atoms with E-state index in [0.717, 1.165) is 49.7 Å². The third-order valence-corrected chi connectivity index (χ3v) is 6.97. The van der Waals surface area contributed by atoms with Gasteiger partial charge in [0.15, 0.2) is 0 Å². The van der Waals surface area contributed by atoms with Gasteiger partial charge in [-0.1, -0.05) is 49.1 Å². The van der Waals surface area contributed by atoms with Crippen LogP contribution in [0.5, 0.6) is 0 Å². The minimum Gasteiger partial charge on any atom is -0.379 e. The van der Waals surface area contributed by atoms with Crippen molar-refractivity contribution < 1.29 is 9.53 Å². The van der Waals surface area contributed by atoms with Crippen molar-refractivity contribution in [2.24, 2.45) is 0 Å². The number of aromatic nitrogens is 1. The molecule has 0 unspecified atom stereocenters. The second-order valence-corrected chi connectivity index (χ2v) is 8.83. The summed E-state index contributed by atoms with van der Waals surface area (Å²) in [7, 11) is 0. The van der Waals surface area contributed by atoms with Gasteiger partial charge in [-0.25, -0.2) is 4.98 Å². The van der Waals surface area contributed by atoms with Gasteiger partial charge in [-0.05, 0) is 19.8 Å². The highest BCUT2D eigenvalue weighted by Gasteiger charge is 2.38. The Morgan fingerprint density at radius 2 is 1.89 bits per heavy atom. The van der Waals surface area contributed by atoms with Gasteiger partial charge in [-0.15, -0.1) is 11.3 Å². The summed E-state index contributed by atoms with van der Waals surface area (Å²) < 4.78 is 5.54. The summed E-state index contributed by atoms with van der Waals surface area (Å²) in [4.78, 5) is 19.9. The van der Waals surface area contributed by atoms with Crippen LogP contribution in [0.2, 0.25) is 0 Å². The molecule has 0 atom stereocenters. The number of carbonyl (C=O) groups excluding carboxylic acids is 1. The van der Waals surface area contributed by atoms with Gasteiger partial charge < -0.3 is 10.1 Å².